The summed E-state index contributed by atoms with van der Waals surface area (Å²) in [5.41, 5.74) is 2.33. The maximum Gasteiger partial charge on any atom is 0.416 e. The first-order valence-electron chi connectivity index (χ1n) is 13.2. The quantitative estimate of drug-likeness (QED) is 0.153. The molecule has 0 radical (unpaired) electrons. The van der Waals surface area contributed by atoms with Crippen molar-refractivity contribution in [3.8, 4) is 5.81 Å². The highest BCUT2D eigenvalue weighted by Crippen LogP contribution is 2.37. The first kappa shape index (κ1) is 31.3. The molecule has 1 saturated heterocycles. The van der Waals surface area contributed by atoms with Crippen molar-refractivity contribution < 1.29 is 22.9 Å². The average Bonchev–Trinajstić information content (AvgIpc) is 2.97. The van der Waals surface area contributed by atoms with E-state index in [1.807, 2.05) is 58.6 Å². The third-order valence-electron chi connectivity index (χ3n) is 6.95. The molecule has 13 heteroatoms. The number of aromatic nitrogens is 1. The van der Waals surface area contributed by atoms with Gasteiger partial charge in [0.25, 0.3) is 11.6 Å². The van der Waals surface area contributed by atoms with Crippen LogP contribution in [0.5, 0.6) is 0 Å². The lowest BCUT2D eigenvalue weighted by atomic mass is 10.1. The van der Waals surface area contributed by atoms with Crippen molar-refractivity contribution >= 4 is 43.1 Å². The van der Waals surface area contributed by atoms with Crippen molar-refractivity contribution in [3.05, 3.63) is 105 Å². The van der Waals surface area contributed by atoms with Crippen LogP contribution < -0.4 is 10.2 Å². The molecule has 0 aliphatic carbocycles. The zero-order valence-corrected chi connectivity index (χ0v) is 24.3. The van der Waals surface area contributed by atoms with Gasteiger partial charge in [0.1, 0.15) is 5.69 Å². The number of nitrogens with zero attached hydrogens (tertiary/aromatic N) is 5. The molecule has 1 atom stereocenters. The average molecular weight is 609 g/mol. The lowest BCUT2D eigenvalue weighted by Gasteiger charge is -2.36. The Morgan fingerprint density at radius 3 is 2.44 bits per heavy atom. The normalized spacial score (nSPS) is 13.5. The first-order chi connectivity index (χ1) is 20.5. The highest BCUT2D eigenvalue weighted by atomic mass is 31.0. The summed E-state index contributed by atoms with van der Waals surface area (Å²) in [7, 11) is 1.88. The Morgan fingerprint density at radius 2 is 1.77 bits per heavy atom. The summed E-state index contributed by atoms with van der Waals surface area (Å²) in [6.45, 7) is 4.23. The van der Waals surface area contributed by atoms with Crippen LogP contribution >= 0.6 is 9.24 Å². The Bertz CT molecular complexity index is 1680. The number of nitriles is 1. The molecule has 2 heterocycles. The molecule has 1 unspecified atom stereocenters. The van der Waals surface area contributed by atoms with Gasteiger partial charge in [-0.1, -0.05) is 24.3 Å². The summed E-state index contributed by atoms with van der Waals surface area (Å²) >= 11 is 0. The number of nitro groups is 1. The van der Waals surface area contributed by atoms with Gasteiger partial charge in [-0.15, -0.1) is 0 Å². The molecule has 5 rings (SSSR count). The molecule has 1 aromatic heterocycles. The second kappa shape index (κ2) is 13.6. The molecule has 1 N–H and O–H groups in total. The van der Waals surface area contributed by atoms with Crippen LogP contribution in [0.3, 0.4) is 0 Å². The molecule has 3 aromatic carbocycles. The Hall–Kier alpha value is -4.59. The maximum atomic E-state index is 13.2. The van der Waals surface area contributed by atoms with E-state index in [1.165, 1.54) is 6.07 Å². The van der Waals surface area contributed by atoms with E-state index in [1.54, 1.807) is 22.8 Å². The van der Waals surface area contributed by atoms with Crippen LogP contribution in [0.2, 0.25) is 0 Å². The lowest BCUT2D eigenvalue weighted by molar-refractivity contribution is -0.384. The summed E-state index contributed by atoms with van der Waals surface area (Å²) in [4.78, 5) is 32.3. The van der Waals surface area contributed by atoms with Crippen LogP contribution in [-0.2, 0) is 12.7 Å². The van der Waals surface area contributed by atoms with Gasteiger partial charge in [0.15, 0.2) is 0 Å². The number of pyridine rings is 1. The molecule has 43 heavy (non-hydrogen) atoms. The van der Waals surface area contributed by atoms with E-state index in [0.29, 0.717) is 50.0 Å². The maximum absolute atomic E-state index is 13.2. The Labute approximate surface area is 248 Å². The zero-order valence-electron chi connectivity index (χ0n) is 23.1. The van der Waals surface area contributed by atoms with Crippen LogP contribution in [0.4, 0.5) is 30.2 Å². The van der Waals surface area contributed by atoms with Gasteiger partial charge in [-0.25, -0.2) is 0 Å². The number of alkyl halides is 3. The Morgan fingerprint density at radius 1 is 1.07 bits per heavy atom. The smallest absolute Gasteiger partial charge is 0.363 e. The van der Waals surface area contributed by atoms with E-state index >= 15 is 0 Å². The summed E-state index contributed by atoms with van der Waals surface area (Å²) in [5.74, 6) is 1.43. The SMILES string of the molecule is Cc1ccc2cc(NC(=O)c3ccccc3CN3CCN(c4ccc(C(F)(F)F)cc4[N+](=O)[O-])CC3)ccc2n1.N#CP. The van der Waals surface area contributed by atoms with E-state index < -0.39 is 22.4 Å². The zero-order chi connectivity index (χ0) is 31.1. The molecule has 222 valence electrons. The van der Waals surface area contributed by atoms with Crippen molar-refractivity contribution in [2.24, 2.45) is 0 Å². The molecule has 1 aliphatic rings. The van der Waals surface area contributed by atoms with Gasteiger partial charge in [-0.05, 0) is 64.2 Å². The number of nitro benzene ring substituents is 1. The van der Waals surface area contributed by atoms with E-state index in [-0.39, 0.29) is 11.6 Å². The van der Waals surface area contributed by atoms with Gasteiger partial charge in [0, 0.05) is 61.1 Å². The number of piperazine rings is 1. The number of halogens is 3. The van der Waals surface area contributed by atoms with Crippen LogP contribution in [-0.4, -0.2) is 46.9 Å². The van der Waals surface area contributed by atoms with Gasteiger partial charge < -0.3 is 10.2 Å². The second-order valence-electron chi connectivity index (χ2n) is 9.82. The fraction of sp³-hybridized carbons (Fsp3) is 0.233. The van der Waals surface area contributed by atoms with Crippen LogP contribution in [0, 0.1) is 28.1 Å². The van der Waals surface area contributed by atoms with E-state index in [9.17, 15) is 28.1 Å². The number of amides is 1. The molecule has 0 spiro atoms. The van der Waals surface area contributed by atoms with Crippen molar-refractivity contribution in [3.63, 3.8) is 0 Å². The molecular weight excluding hydrogens is 580 g/mol. The minimum absolute atomic E-state index is 0.165. The van der Waals surface area contributed by atoms with E-state index in [4.69, 9.17) is 5.26 Å². The van der Waals surface area contributed by atoms with Gasteiger partial charge in [0.05, 0.1) is 21.8 Å². The Balaban J connectivity index is 0.00000135. The highest BCUT2D eigenvalue weighted by molar-refractivity contribution is 7.23. The number of carbonyl (C=O) groups is 1. The summed E-state index contributed by atoms with van der Waals surface area (Å²) in [6.07, 6.45) is -4.66. The number of nitrogens with one attached hydrogen (secondary N) is 1. The molecule has 1 fully saturated rings. The molecule has 9 nitrogen and oxygen atoms in total. The highest BCUT2D eigenvalue weighted by Gasteiger charge is 2.34. The molecular formula is C30H28F3N6O3P. The molecule has 0 saturated carbocycles. The molecule has 0 bridgehead atoms. The second-order valence-corrected chi connectivity index (χ2v) is 10.1. The summed E-state index contributed by atoms with van der Waals surface area (Å²) in [6, 6.07) is 19.4. The predicted molar refractivity (Wildman–Crippen MR) is 162 cm³/mol. The fourth-order valence-electron chi connectivity index (χ4n) is 4.88. The van der Waals surface area contributed by atoms with E-state index in [0.717, 1.165) is 28.2 Å². The Kier molecular flexibility index (Phi) is 9.91. The summed E-state index contributed by atoms with van der Waals surface area (Å²) in [5, 5.41) is 22.7. The van der Waals surface area contributed by atoms with Crippen LogP contribution in [0.25, 0.3) is 10.9 Å². The third kappa shape index (κ3) is 7.83. The van der Waals surface area contributed by atoms with Crippen molar-refractivity contribution in [1.29, 1.82) is 5.26 Å². The molecule has 1 amide bonds. The van der Waals surface area contributed by atoms with Gasteiger partial charge in [0.2, 0.25) is 0 Å². The predicted octanol–water partition coefficient (Wildman–Crippen LogP) is 6.39. The summed E-state index contributed by atoms with van der Waals surface area (Å²) < 4.78 is 39.2. The van der Waals surface area contributed by atoms with Crippen molar-refractivity contribution in [1.82, 2.24) is 9.88 Å². The van der Waals surface area contributed by atoms with E-state index in [2.05, 4.69) is 15.2 Å². The van der Waals surface area contributed by atoms with Gasteiger partial charge >= 0.3 is 6.18 Å². The van der Waals surface area contributed by atoms with Gasteiger partial charge in [-0.3, -0.25) is 24.8 Å². The number of aryl methyl sites for hydroxylation is 1. The minimum Gasteiger partial charge on any atom is -0.363 e. The number of rotatable bonds is 6. The number of benzene rings is 3. The number of hydrogen-bond acceptors (Lipinski definition) is 7. The van der Waals surface area contributed by atoms with Crippen molar-refractivity contribution in [2.45, 2.75) is 19.6 Å². The third-order valence-corrected chi connectivity index (χ3v) is 6.95. The standard InChI is InChI=1S/C29H26F3N5O3.CH2NP/c1-19-6-7-20-16-23(9-10-25(20)33-19)34-28(38)24-5-3-2-4-21(24)18-35-12-14-36(15-13-35)26-11-8-22(29(30,31)32)17-27(26)37(39)40;2-1-3/h2-11,16-17H,12-15,18H2,1H3,(H,34,38);3H2. The topological polar surface area (TPSA) is 115 Å². The number of anilines is 2. The molecule has 1 aliphatic heterocycles. The largest absolute Gasteiger partial charge is 0.416 e. The van der Waals surface area contributed by atoms with Crippen molar-refractivity contribution in [2.75, 3.05) is 36.4 Å². The number of carbonyl (C=O) groups excluding carboxylic acids is 1. The monoisotopic (exact) mass is 608 g/mol. The van der Waals surface area contributed by atoms with Gasteiger partial charge in [-0.2, -0.15) is 18.4 Å². The molecule has 4 aromatic rings. The lowest BCUT2D eigenvalue weighted by Crippen LogP contribution is -2.46. The minimum atomic E-state index is -4.66. The fourth-order valence-corrected chi connectivity index (χ4v) is 4.88. The number of fused-ring (bicyclic) bond motifs is 1. The van der Waals surface area contributed by atoms with Crippen LogP contribution in [0.1, 0.15) is 27.2 Å². The number of hydrogen-bond donors (Lipinski definition) is 1. The van der Waals surface area contributed by atoms with Crippen LogP contribution in [0.15, 0.2) is 72.8 Å². The first-order valence-corrected chi connectivity index (χ1v) is 13.8.